The van der Waals surface area contributed by atoms with Crippen LogP contribution in [0.15, 0.2) is 29.2 Å². The molecule has 0 fully saturated rings. The Kier molecular flexibility index (Phi) is 12.1. The van der Waals surface area contributed by atoms with Crippen molar-refractivity contribution in [3.8, 4) is 0 Å². The molecule has 0 aromatic heterocycles. The number of nitrogens with zero attached hydrogens (tertiary/aromatic N) is 1. The van der Waals surface area contributed by atoms with Gasteiger partial charge in [-0.1, -0.05) is 17.7 Å². The monoisotopic (exact) mass is 454 g/mol. The van der Waals surface area contributed by atoms with Gasteiger partial charge in [0.25, 0.3) is 0 Å². The summed E-state index contributed by atoms with van der Waals surface area (Å²) in [6.45, 7) is 7.48. The second-order valence-electron chi connectivity index (χ2n) is 7.35. The smallest absolute Gasteiger partial charge is 0.213 e. The molecule has 0 unspecified atom stereocenters. The zero-order valence-electron chi connectivity index (χ0n) is 17.5. The summed E-state index contributed by atoms with van der Waals surface area (Å²) in [7, 11) is -5.52. The van der Waals surface area contributed by atoms with Crippen molar-refractivity contribution in [2.24, 2.45) is 0 Å². The molecule has 3 N–H and O–H groups in total. The first-order valence-corrected chi connectivity index (χ1v) is 12.3. The van der Waals surface area contributed by atoms with E-state index in [4.69, 9.17) is 10.2 Å². The molecule has 29 heavy (non-hydrogen) atoms. The number of sulfonamides is 1. The lowest BCUT2D eigenvalue weighted by atomic mass is 10.2. The number of nitrogens with one attached hydrogen (secondary N) is 1. The van der Waals surface area contributed by atoms with Crippen LogP contribution >= 0.6 is 0 Å². The molecule has 0 spiro atoms. The Morgan fingerprint density at radius 3 is 1.86 bits per heavy atom. The van der Waals surface area contributed by atoms with E-state index < -0.39 is 25.4 Å². The number of aryl methyl sites for hydroxylation is 1. The van der Waals surface area contributed by atoms with Gasteiger partial charge in [0.2, 0.25) is 10.0 Å². The molecule has 0 heterocycles. The second kappa shape index (κ2) is 12.6. The van der Waals surface area contributed by atoms with Crippen LogP contribution in [0.2, 0.25) is 0 Å². The van der Waals surface area contributed by atoms with Crippen molar-refractivity contribution in [1.29, 1.82) is 0 Å². The zero-order valence-corrected chi connectivity index (χ0v) is 19.2. The minimum atomic E-state index is -4.27. The number of likely N-dealkylation sites (N-methyl/N-ethyl adjacent to an activating group) is 1. The summed E-state index contributed by atoms with van der Waals surface area (Å²) in [5.41, 5.74) is 0.928. The highest BCUT2D eigenvalue weighted by Crippen LogP contribution is 2.08. The Hall–Kier alpha value is -1.08. The lowest BCUT2D eigenvalue weighted by Gasteiger charge is -2.33. The maximum absolute atomic E-state index is 11.5. The fourth-order valence-electron chi connectivity index (χ4n) is 2.37. The highest BCUT2D eigenvalue weighted by molar-refractivity contribution is 7.90. The van der Waals surface area contributed by atoms with Gasteiger partial charge in [-0.15, -0.1) is 0 Å². The van der Waals surface area contributed by atoms with Crippen molar-refractivity contribution in [2.45, 2.75) is 37.3 Å². The highest BCUT2D eigenvalue weighted by Gasteiger charge is 2.20. The van der Waals surface area contributed by atoms with Crippen LogP contribution in [0.5, 0.6) is 0 Å². The summed E-state index contributed by atoms with van der Waals surface area (Å²) < 4.78 is 57.3. The van der Waals surface area contributed by atoms with Crippen LogP contribution in [0, 0.1) is 6.92 Å². The summed E-state index contributed by atoms with van der Waals surface area (Å²) in [4.78, 5) is -0.178. The molecule has 0 aliphatic rings. The number of aliphatic hydroxyl groups excluding tert-OH is 2. The van der Waals surface area contributed by atoms with Crippen molar-refractivity contribution in [3.63, 3.8) is 0 Å². The molecular formula is C18H34N2O7S2. The van der Waals surface area contributed by atoms with E-state index in [-0.39, 0.29) is 18.1 Å². The topological polar surface area (TPSA) is 144 Å². The largest absolute Gasteiger partial charge is 0.744 e. The van der Waals surface area contributed by atoms with Crippen LogP contribution in [0.25, 0.3) is 0 Å². The molecule has 1 aromatic carbocycles. The number of aliphatic hydroxyl groups is 2. The quantitative estimate of drug-likeness (QED) is 0.243. The standard InChI is InChI=1S/C11H27N2O4S.C7H8O3S/c1-11(2)18(16,17)12-5-4-6-13(3,7-9-14)8-10-15;1-6-2-4-7(5-3-6)11(8,9)10/h11-12,14-15H,4-10H2,1-3H3;2-5H,1H3,(H,8,9,10)/q+1;/p-1. The fraction of sp³-hybridized carbons (Fsp3) is 0.667. The highest BCUT2D eigenvalue weighted by atomic mass is 32.2. The Morgan fingerprint density at radius 1 is 1.00 bits per heavy atom. The van der Waals surface area contributed by atoms with Crippen molar-refractivity contribution in [3.05, 3.63) is 29.8 Å². The van der Waals surface area contributed by atoms with Crippen LogP contribution in [0.4, 0.5) is 0 Å². The molecule has 1 aromatic rings. The third kappa shape index (κ3) is 11.6. The first-order valence-electron chi connectivity index (χ1n) is 9.34. The van der Waals surface area contributed by atoms with Gasteiger partial charge in [0, 0.05) is 13.0 Å². The number of quaternary nitrogens is 1. The predicted octanol–water partition coefficient (Wildman–Crippen LogP) is 0.0346. The van der Waals surface area contributed by atoms with Gasteiger partial charge in [0.05, 0.1) is 37.0 Å². The minimum absolute atomic E-state index is 0.0637. The third-order valence-electron chi connectivity index (χ3n) is 4.39. The van der Waals surface area contributed by atoms with Gasteiger partial charge >= 0.3 is 0 Å². The molecular weight excluding hydrogens is 420 g/mol. The fourth-order valence-corrected chi connectivity index (χ4v) is 3.60. The number of hydrogen-bond donors (Lipinski definition) is 3. The number of rotatable bonds is 11. The van der Waals surface area contributed by atoms with Gasteiger partial charge in [0.15, 0.2) is 0 Å². The Labute approximate surface area is 174 Å². The summed E-state index contributed by atoms with van der Waals surface area (Å²) in [6.07, 6.45) is 0.683. The average Bonchev–Trinajstić information content (AvgIpc) is 2.59. The van der Waals surface area contributed by atoms with Crippen molar-refractivity contribution in [2.75, 3.05) is 46.4 Å². The molecule has 0 atom stereocenters. The third-order valence-corrected chi connectivity index (χ3v) is 7.09. The maximum atomic E-state index is 11.5. The molecule has 0 bridgehead atoms. The zero-order chi connectivity index (χ0) is 22.7. The summed E-state index contributed by atoms with van der Waals surface area (Å²) in [6, 6.07) is 5.78. The molecule has 1 rings (SSSR count). The van der Waals surface area contributed by atoms with Gasteiger partial charge in [-0.2, -0.15) is 0 Å². The van der Waals surface area contributed by atoms with Gasteiger partial charge in [-0.3, -0.25) is 0 Å². The normalized spacial score (nSPS) is 12.6. The van der Waals surface area contributed by atoms with Crippen LogP contribution in [0.1, 0.15) is 25.8 Å². The molecule has 0 saturated carbocycles. The average molecular weight is 455 g/mol. The Bertz CT molecular complexity index is 786. The van der Waals surface area contributed by atoms with Gasteiger partial charge in [-0.25, -0.2) is 21.6 Å². The van der Waals surface area contributed by atoms with E-state index in [1.54, 1.807) is 26.0 Å². The lowest BCUT2D eigenvalue weighted by Crippen LogP contribution is -2.49. The van der Waals surface area contributed by atoms with Gasteiger partial charge in [0.1, 0.15) is 23.2 Å². The summed E-state index contributed by atoms with van der Waals surface area (Å²) in [5.74, 6) is 0. The molecule has 0 aliphatic heterocycles. The molecule has 0 radical (unpaired) electrons. The molecule has 9 nitrogen and oxygen atoms in total. The van der Waals surface area contributed by atoms with E-state index >= 15 is 0 Å². The predicted molar refractivity (Wildman–Crippen MR) is 111 cm³/mol. The van der Waals surface area contributed by atoms with Crippen LogP contribution < -0.4 is 4.72 Å². The van der Waals surface area contributed by atoms with E-state index in [2.05, 4.69) is 4.72 Å². The molecule has 0 amide bonds. The number of benzene rings is 1. The number of hydrogen-bond acceptors (Lipinski definition) is 7. The van der Waals surface area contributed by atoms with Crippen molar-refractivity contribution in [1.82, 2.24) is 4.72 Å². The SMILES string of the molecule is CC(C)S(=O)(=O)NCCC[N+](C)(CCO)CCO.Cc1ccc(S(=O)(=O)[O-])cc1. The summed E-state index contributed by atoms with van der Waals surface area (Å²) >= 11 is 0. The van der Waals surface area contributed by atoms with Crippen LogP contribution in [-0.2, 0) is 20.1 Å². The van der Waals surface area contributed by atoms with E-state index in [9.17, 15) is 21.4 Å². The molecule has 0 aliphatic carbocycles. The molecule has 170 valence electrons. The Morgan fingerprint density at radius 2 is 1.48 bits per heavy atom. The van der Waals surface area contributed by atoms with Crippen molar-refractivity contribution >= 4 is 20.1 Å². The van der Waals surface area contributed by atoms with Crippen LogP contribution in [-0.4, -0.2) is 87.8 Å². The van der Waals surface area contributed by atoms with Crippen molar-refractivity contribution < 1.29 is 36.1 Å². The second-order valence-corrected chi connectivity index (χ2v) is 11.0. The van der Waals surface area contributed by atoms with E-state index in [1.807, 2.05) is 14.0 Å². The van der Waals surface area contributed by atoms with E-state index in [1.165, 1.54) is 12.1 Å². The van der Waals surface area contributed by atoms with Crippen LogP contribution in [0.3, 0.4) is 0 Å². The minimum Gasteiger partial charge on any atom is -0.744 e. The van der Waals surface area contributed by atoms with Gasteiger partial charge < -0.3 is 19.2 Å². The Balaban J connectivity index is 0.000000604. The summed E-state index contributed by atoms with van der Waals surface area (Å²) in [5, 5.41) is 17.5. The van der Waals surface area contributed by atoms with E-state index in [0.717, 1.165) is 12.1 Å². The van der Waals surface area contributed by atoms with Gasteiger partial charge in [-0.05, 0) is 32.9 Å². The molecule has 11 heteroatoms. The lowest BCUT2D eigenvalue weighted by molar-refractivity contribution is -0.910. The molecule has 0 saturated heterocycles. The first-order chi connectivity index (χ1) is 13.3. The maximum Gasteiger partial charge on any atom is 0.213 e. The van der Waals surface area contributed by atoms with E-state index in [0.29, 0.717) is 30.5 Å². The first kappa shape index (κ1) is 27.9.